The van der Waals surface area contributed by atoms with Gasteiger partial charge in [-0.1, -0.05) is 6.42 Å². The zero-order valence-corrected chi connectivity index (χ0v) is 17.4. The largest absolute Gasteiger partial charge is 0.480 e. The first-order valence-electron chi connectivity index (χ1n) is 9.58. The van der Waals surface area contributed by atoms with Crippen molar-refractivity contribution in [2.75, 3.05) is 6.54 Å². The van der Waals surface area contributed by atoms with Crippen LogP contribution in [0.2, 0.25) is 0 Å². The fourth-order valence-electron chi connectivity index (χ4n) is 2.28. The number of aliphatic carboxylic acids is 1. The van der Waals surface area contributed by atoms with E-state index in [-0.39, 0.29) is 18.7 Å². The van der Waals surface area contributed by atoms with Gasteiger partial charge in [0.15, 0.2) is 11.6 Å². The Kier molecular flexibility index (Phi) is 9.90. The molecule has 0 saturated carbocycles. The SMILES string of the molecule is Cc1nnc(CCCCCNC(=O)CCC(NC(=O)OC(C)(C)C)C(=O)O)nn1. The number of carbonyl (C=O) groups is 3. The highest BCUT2D eigenvalue weighted by atomic mass is 16.6. The van der Waals surface area contributed by atoms with Gasteiger partial charge in [0.25, 0.3) is 0 Å². The van der Waals surface area contributed by atoms with Crippen molar-refractivity contribution < 1.29 is 24.2 Å². The van der Waals surface area contributed by atoms with Crippen LogP contribution in [-0.2, 0) is 20.7 Å². The molecule has 0 radical (unpaired) electrons. The Bertz CT molecular complexity index is 674. The number of unbranched alkanes of at least 4 members (excludes halogenated alkanes) is 2. The zero-order chi connectivity index (χ0) is 21.9. The third-order valence-corrected chi connectivity index (χ3v) is 3.67. The number of carboxylic acid groups (broad SMARTS) is 1. The lowest BCUT2D eigenvalue weighted by Crippen LogP contribution is -2.44. The molecule has 11 nitrogen and oxygen atoms in total. The quantitative estimate of drug-likeness (QED) is 0.455. The van der Waals surface area contributed by atoms with Gasteiger partial charge in [-0.15, -0.1) is 20.4 Å². The fourth-order valence-corrected chi connectivity index (χ4v) is 2.28. The number of carboxylic acids is 1. The van der Waals surface area contributed by atoms with E-state index in [0.29, 0.717) is 24.6 Å². The lowest BCUT2D eigenvalue weighted by Gasteiger charge is -2.21. The third kappa shape index (κ3) is 11.6. The Morgan fingerprint density at radius 2 is 1.72 bits per heavy atom. The molecule has 2 amide bonds. The van der Waals surface area contributed by atoms with Crippen LogP contribution in [-0.4, -0.2) is 61.7 Å². The summed E-state index contributed by atoms with van der Waals surface area (Å²) < 4.78 is 5.03. The molecule has 0 aliphatic rings. The minimum absolute atomic E-state index is 0.0126. The molecule has 0 bridgehead atoms. The average Bonchev–Trinajstić information content (AvgIpc) is 2.61. The molecule has 0 spiro atoms. The van der Waals surface area contributed by atoms with Gasteiger partial charge in [0, 0.05) is 19.4 Å². The maximum absolute atomic E-state index is 11.9. The van der Waals surface area contributed by atoms with Crippen molar-refractivity contribution in [1.82, 2.24) is 31.0 Å². The van der Waals surface area contributed by atoms with Gasteiger partial charge >= 0.3 is 12.1 Å². The lowest BCUT2D eigenvalue weighted by molar-refractivity contribution is -0.139. The van der Waals surface area contributed by atoms with Crippen molar-refractivity contribution in [3.63, 3.8) is 0 Å². The first-order valence-corrected chi connectivity index (χ1v) is 9.58. The van der Waals surface area contributed by atoms with E-state index in [1.54, 1.807) is 27.7 Å². The van der Waals surface area contributed by atoms with Gasteiger partial charge in [-0.25, -0.2) is 9.59 Å². The van der Waals surface area contributed by atoms with E-state index in [1.807, 2.05) is 0 Å². The van der Waals surface area contributed by atoms with Crippen LogP contribution in [0.15, 0.2) is 0 Å². The van der Waals surface area contributed by atoms with Crippen molar-refractivity contribution in [3.8, 4) is 0 Å². The summed E-state index contributed by atoms with van der Waals surface area (Å²) in [4.78, 5) is 34.8. The van der Waals surface area contributed by atoms with Gasteiger partial charge < -0.3 is 20.5 Å². The molecule has 0 fully saturated rings. The minimum Gasteiger partial charge on any atom is -0.480 e. The number of hydrogen-bond donors (Lipinski definition) is 3. The third-order valence-electron chi connectivity index (χ3n) is 3.67. The number of amides is 2. The molecule has 0 saturated heterocycles. The van der Waals surface area contributed by atoms with Crippen molar-refractivity contribution in [1.29, 1.82) is 0 Å². The maximum Gasteiger partial charge on any atom is 0.408 e. The van der Waals surface area contributed by atoms with Gasteiger partial charge in [0.1, 0.15) is 11.6 Å². The highest BCUT2D eigenvalue weighted by Gasteiger charge is 2.24. The molecule has 0 aromatic carbocycles. The molecule has 1 unspecified atom stereocenters. The van der Waals surface area contributed by atoms with Crippen LogP contribution in [0.4, 0.5) is 4.79 Å². The van der Waals surface area contributed by atoms with Crippen molar-refractivity contribution in [2.24, 2.45) is 0 Å². The first kappa shape index (κ1) is 24.2. The van der Waals surface area contributed by atoms with Crippen molar-refractivity contribution >= 4 is 18.0 Å². The van der Waals surface area contributed by atoms with Crippen molar-refractivity contribution in [3.05, 3.63) is 11.6 Å². The fraction of sp³-hybridized carbons (Fsp3) is 0.722. The van der Waals surface area contributed by atoms with E-state index in [1.165, 1.54) is 0 Å². The molecule has 1 atom stereocenters. The summed E-state index contributed by atoms with van der Waals surface area (Å²) in [5.74, 6) is -0.358. The van der Waals surface area contributed by atoms with Gasteiger partial charge in [-0.2, -0.15) is 0 Å². The van der Waals surface area contributed by atoms with Gasteiger partial charge in [0.2, 0.25) is 5.91 Å². The van der Waals surface area contributed by atoms with Gasteiger partial charge in [-0.05, 0) is 47.0 Å². The summed E-state index contributed by atoms with van der Waals surface area (Å²) in [5.41, 5.74) is -0.733. The Labute approximate surface area is 170 Å². The maximum atomic E-state index is 11.9. The second kappa shape index (κ2) is 11.9. The number of aromatic nitrogens is 4. The van der Waals surface area contributed by atoms with E-state index in [4.69, 9.17) is 4.74 Å². The summed E-state index contributed by atoms with van der Waals surface area (Å²) in [6, 6.07) is -1.19. The summed E-state index contributed by atoms with van der Waals surface area (Å²) >= 11 is 0. The number of aryl methyl sites for hydroxylation is 2. The Morgan fingerprint density at radius 3 is 2.31 bits per heavy atom. The molecule has 3 N–H and O–H groups in total. The second-order valence-electron chi connectivity index (χ2n) is 7.60. The van der Waals surface area contributed by atoms with Crippen LogP contribution in [0, 0.1) is 6.92 Å². The highest BCUT2D eigenvalue weighted by Crippen LogP contribution is 2.08. The number of nitrogens with zero attached hydrogens (tertiary/aromatic N) is 4. The number of rotatable bonds is 11. The molecular formula is C18H30N6O5. The predicted molar refractivity (Wildman–Crippen MR) is 103 cm³/mol. The Morgan fingerprint density at radius 1 is 1.07 bits per heavy atom. The molecule has 29 heavy (non-hydrogen) atoms. The topological polar surface area (TPSA) is 156 Å². The molecule has 162 valence electrons. The van der Waals surface area contributed by atoms with E-state index >= 15 is 0 Å². The van der Waals surface area contributed by atoms with Crippen LogP contribution in [0.3, 0.4) is 0 Å². The molecule has 1 heterocycles. The lowest BCUT2D eigenvalue weighted by atomic mass is 10.1. The molecule has 11 heteroatoms. The first-order chi connectivity index (χ1) is 13.6. The average molecular weight is 410 g/mol. The van der Waals surface area contributed by atoms with E-state index < -0.39 is 23.7 Å². The smallest absolute Gasteiger partial charge is 0.408 e. The summed E-state index contributed by atoms with van der Waals surface area (Å²) in [5, 5.41) is 29.8. The molecule has 1 aromatic rings. The molecular weight excluding hydrogens is 380 g/mol. The van der Waals surface area contributed by atoms with Crippen LogP contribution in [0.25, 0.3) is 0 Å². The predicted octanol–water partition coefficient (Wildman–Crippen LogP) is 1.16. The Hall–Kier alpha value is -2.85. The zero-order valence-electron chi connectivity index (χ0n) is 17.4. The van der Waals surface area contributed by atoms with Gasteiger partial charge in [0.05, 0.1) is 0 Å². The standard InChI is InChI=1S/C18H30N6O5/c1-12-21-23-14(24-22-12)8-6-5-7-11-19-15(25)10-9-13(16(26)27)20-17(28)29-18(2,3)4/h13H,5-11H2,1-4H3,(H,19,25)(H,20,28)(H,26,27). The number of alkyl carbamates (subject to hydrolysis) is 1. The van der Waals surface area contributed by atoms with Crippen LogP contribution in [0.1, 0.15) is 64.5 Å². The molecule has 1 rings (SSSR count). The monoisotopic (exact) mass is 410 g/mol. The normalized spacial score (nSPS) is 12.1. The minimum atomic E-state index is -1.22. The molecule has 1 aromatic heterocycles. The number of hydrogen-bond acceptors (Lipinski definition) is 8. The van der Waals surface area contributed by atoms with E-state index in [9.17, 15) is 19.5 Å². The van der Waals surface area contributed by atoms with E-state index in [2.05, 4.69) is 31.0 Å². The van der Waals surface area contributed by atoms with E-state index in [0.717, 1.165) is 19.3 Å². The highest BCUT2D eigenvalue weighted by molar-refractivity contribution is 5.81. The van der Waals surface area contributed by atoms with Crippen LogP contribution in [0.5, 0.6) is 0 Å². The van der Waals surface area contributed by atoms with Crippen LogP contribution >= 0.6 is 0 Å². The Balaban J connectivity index is 2.19. The second-order valence-corrected chi connectivity index (χ2v) is 7.60. The van der Waals surface area contributed by atoms with Gasteiger partial charge in [-0.3, -0.25) is 4.79 Å². The molecule has 0 aliphatic heterocycles. The van der Waals surface area contributed by atoms with Crippen LogP contribution < -0.4 is 10.6 Å². The summed E-state index contributed by atoms with van der Waals surface area (Å²) in [7, 11) is 0. The van der Waals surface area contributed by atoms with Crippen molar-refractivity contribution in [2.45, 2.75) is 77.9 Å². The molecule has 0 aliphatic carbocycles. The summed E-state index contributed by atoms with van der Waals surface area (Å²) in [6.07, 6.45) is 2.31. The number of ether oxygens (including phenoxy) is 1. The number of carbonyl (C=O) groups excluding carboxylic acids is 2. The number of nitrogens with one attached hydrogen (secondary N) is 2. The summed E-state index contributed by atoms with van der Waals surface area (Å²) in [6.45, 7) is 7.24.